The Kier molecular flexibility index (Phi) is 7.79. The molecule has 2 aromatic rings. The zero-order chi connectivity index (χ0) is 27.8. The first-order valence-electron chi connectivity index (χ1n) is 12.3. The van der Waals surface area contributed by atoms with Crippen molar-refractivity contribution in [2.75, 3.05) is 13.1 Å². The van der Waals surface area contributed by atoms with Crippen molar-refractivity contribution in [3.8, 4) is 0 Å². The Hall–Kier alpha value is -3.08. The number of esters is 1. The number of aliphatic carboxylic acids is 1. The van der Waals surface area contributed by atoms with E-state index >= 15 is 0 Å². The number of rotatable bonds is 8. The van der Waals surface area contributed by atoms with E-state index in [0.29, 0.717) is 24.6 Å². The van der Waals surface area contributed by atoms with Gasteiger partial charge in [0.15, 0.2) is 0 Å². The first-order valence-corrected chi connectivity index (χ1v) is 12.3. The molecule has 0 spiro atoms. The highest BCUT2D eigenvalue weighted by atomic mass is 19.4. The lowest BCUT2D eigenvalue weighted by molar-refractivity contribution is -0.142. The number of hydrogen-bond acceptors (Lipinski definition) is 4. The Morgan fingerprint density at radius 3 is 2.34 bits per heavy atom. The molecule has 1 saturated carbocycles. The zero-order valence-electron chi connectivity index (χ0n) is 20.5. The molecule has 0 aromatic heterocycles. The van der Waals surface area contributed by atoms with Gasteiger partial charge in [-0.1, -0.05) is 12.1 Å². The van der Waals surface area contributed by atoms with Crippen LogP contribution in [0.1, 0.15) is 77.2 Å². The van der Waals surface area contributed by atoms with Crippen LogP contribution in [0.3, 0.4) is 0 Å². The van der Waals surface area contributed by atoms with E-state index in [2.05, 4.69) is 0 Å². The predicted octanol–water partition coefficient (Wildman–Crippen LogP) is 6.68. The smallest absolute Gasteiger partial charge is 0.416 e. The number of hydrogen-bond donors (Lipinski definition) is 1. The SMILES string of the molecule is CC(c1cc(C(F)(F)F)ccc1C(F)(F)F)N1CC[C@@H](OC(=O)c2cccc([C@@H](CC(=O)O)C3CC3)c2)C1. The van der Waals surface area contributed by atoms with Crippen LogP contribution < -0.4 is 0 Å². The van der Waals surface area contributed by atoms with Crippen LogP contribution in [-0.4, -0.2) is 41.1 Å². The Morgan fingerprint density at radius 1 is 1.03 bits per heavy atom. The minimum atomic E-state index is -4.83. The topological polar surface area (TPSA) is 66.8 Å². The van der Waals surface area contributed by atoms with Crippen LogP contribution in [0.2, 0.25) is 0 Å². The van der Waals surface area contributed by atoms with Gasteiger partial charge in [-0.3, -0.25) is 9.69 Å². The molecule has 0 bridgehead atoms. The van der Waals surface area contributed by atoms with Crippen molar-refractivity contribution < 1.29 is 45.8 Å². The van der Waals surface area contributed by atoms with Crippen LogP contribution in [0.15, 0.2) is 42.5 Å². The highest BCUT2D eigenvalue weighted by Gasteiger charge is 2.40. The molecule has 206 valence electrons. The second-order valence-corrected chi connectivity index (χ2v) is 9.95. The summed E-state index contributed by atoms with van der Waals surface area (Å²) in [7, 11) is 0. The number of likely N-dealkylation sites (tertiary alicyclic amines) is 1. The fourth-order valence-electron chi connectivity index (χ4n) is 5.10. The minimum absolute atomic E-state index is 0.0475. The molecule has 38 heavy (non-hydrogen) atoms. The van der Waals surface area contributed by atoms with Crippen LogP contribution in [-0.2, 0) is 21.9 Å². The van der Waals surface area contributed by atoms with Crippen LogP contribution in [0.5, 0.6) is 0 Å². The van der Waals surface area contributed by atoms with Gasteiger partial charge in [-0.05, 0) is 79.5 Å². The number of benzene rings is 2. The molecule has 1 aliphatic heterocycles. The molecule has 11 heteroatoms. The maximum absolute atomic E-state index is 13.6. The van der Waals surface area contributed by atoms with Crippen molar-refractivity contribution in [3.63, 3.8) is 0 Å². The quantitative estimate of drug-likeness (QED) is 0.297. The molecule has 0 amide bonds. The Morgan fingerprint density at radius 2 is 1.74 bits per heavy atom. The van der Waals surface area contributed by atoms with Gasteiger partial charge >= 0.3 is 24.3 Å². The van der Waals surface area contributed by atoms with Crippen LogP contribution in [0.25, 0.3) is 0 Å². The Bertz CT molecular complexity index is 1190. The summed E-state index contributed by atoms with van der Waals surface area (Å²) in [4.78, 5) is 25.7. The van der Waals surface area contributed by atoms with Gasteiger partial charge in [0, 0.05) is 19.1 Å². The van der Waals surface area contributed by atoms with E-state index in [0.717, 1.165) is 18.4 Å². The van der Waals surface area contributed by atoms with E-state index in [1.807, 2.05) is 0 Å². The van der Waals surface area contributed by atoms with Gasteiger partial charge in [0.1, 0.15) is 6.10 Å². The molecular formula is C27H27F6NO4. The van der Waals surface area contributed by atoms with Gasteiger partial charge < -0.3 is 9.84 Å². The largest absolute Gasteiger partial charge is 0.481 e. The van der Waals surface area contributed by atoms with E-state index < -0.39 is 53.1 Å². The van der Waals surface area contributed by atoms with Crippen molar-refractivity contribution in [2.24, 2.45) is 5.92 Å². The summed E-state index contributed by atoms with van der Waals surface area (Å²) in [5, 5.41) is 9.24. The van der Waals surface area contributed by atoms with Gasteiger partial charge in [-0.25, -0.2) is 4.79 Å². The summed E-state index contributed by atoms with van der Waals surface area (Å²) in [6.07, 6.45) is -8.18. The molecular weight excluding hydrogens is 516 g/mol. The van der Waals surface area contributed by atoms with E-state index in [1.54, 1.807) is 29.2 Å². The van der Waals surface area contributed by atoms with E-state index in [4.69, 9.17) is 4.74 Å². The number of carboxylic acid groups (broad SMARTS) is 1. The van der Waals surface area contributed by atoms with Crippen molar-refractivity contribution in [3.05, 3.63) is 70.3 Å². The number of ether oxygens (including phenoxy) is 1. The molecule has 1 N–H and O–H groups in total. The maximum Gasteiger partial charge on any atom is 0.416 e. The fourth-order valence-corrected chi connectivity index (χ4v) is 5.10. The van der Waals surface area contributed by atoms with Gasteiger partial charge in [0.25, 0.3) is 0 Å². The maximum atomic E-state index is 13.6. The highest BCUT2D eigenvalue weighted by molar-refractivity contribution is 5.89. The van der Waals surface area contributed by atoms with Crippen LogP contribution in [0.4, 0.5) is 26.3 Å². The predicted molar refractivity (Wildman–Crippen MR) is 124 cm³/mol. The third-order valence-electron chi connectivity index (χ3n) is 7.27. The van der Waals surface area contributed by atoms with Gasteiger partial charge in [-0.15, -0.1) is 0 Å². The second kappa shape index (κ2) is 10.6. The summed E-state index contributed by atoms with van der Waals surface area (Å²) >= 11 is 0. The normalized spacial score (nSPS) is 20.2. The van der Waals surface area contributed by atoms with Crippen LogP contribution >= 0.6 is 0 Å². The molecule has 2 fully saturated rings. The summed E-state index contributed by atoms with van der Waals surface area (Å²) in [6, 6.07) is 6.99. The summed E-state index contributed by atoms with van der Waals surface area (Å²) < 4.78 is 85.9. The number of nitrogens with zero attached hydrogens (tertiary/aromatic N) is 1. The second-order valence-electron chi connectivity index (χ2n) is 9.95. The molecule has 1 aliphatic carbocycles. The molecule has 4 rings (SSSR count). The lowest BCUT2D eigenvalue weighted by atomic mass is 9.90. The fraction of sp³-hybridized carbons (Fsp3) is 0.481. The van der Waals surface area contributed by atoms with Crippen molar-refractivity contribution in [1.82, 2.24) is 4.90 Å². The molecule has 1 heterocycles. The average molecular weight is 544 g/mol. The third kappa shape index (κ3) is 6.48. The van der Waals surface area contributed by atoms with Gasteiger partial charge in [0.05, 0.1) is 23.1 Å². The highest BCUT2D eigenvalue weighted by Crippen LogP contribution is 2.45. The number of carbonyl (C=O) groups excluding carboxylic acids is 1. The Balaban J connectivity index is 1.46. The van der Waals surface area contributed by atoms with Gasteiger partial charge in [-0.2, -0.15) is 26.3 Å². The number of carboxylic acids is 1. The van der Waals surface area contributed by atoms with E-state index in [9.17, 15) is 41.0 Å². The molecule has 2 aliphatic rings. The van der Waals surface area contributed by atoms with E-state index in [1.165, 1.54) is 6.92 Å². The average Bonchev–Trinajstić information content (AvgIpc) is 3.58. The van der Waals surface area contributed by atoms with E-state index in [-0.39, 0.29) is 36.9 Å². The summed E-state index contributed by atoms with van der Waals surface area (Å²) in [5.74, 6) is -1.53. The number of carbonyl (C=O) groups is 2. The number of alkyl halides is 6. The summed E-state index contributed by atoms with van der Waals surface area (Å²) in [6.45, 7) is 1.69. The Labute approximate surface area is 215 Å². The molecule has 1 unspecified atom stereocenters. The molecule has 3 atom stereocenters. The lowest BCUT2D eigenvalue weighted by Gasteiger charge is -2.28. The first kappa shape index (κ1) is 27.9. The lowest BCUT2D eigenvalue weighted by Crippen LogP contribution is -2.29. The van der Waals surface area contributed by atoms with Gasteiger partial charge in [0.2, 0.25) is 0 Å². The summed E-state index contributed by atoms with van der Waals surface area (Å²) in [5.41, 5.74) is -1.82. The first-order chi connectivity index (χ1) is 17.7. The van der Waals surface area contributed by atoms with Crippen molar-refractivity contribution in [2.45, 2.75) is 63.0 Å². The molecule has 1 saturated heterocycles. The zero-order valence-corrected chi connectivity index (χ0v) is 20.5. The number of halogens is 6. The monoisotopic (exact) mass is 543 g/mol. The molecule has 2 aromatic carbocycles. The van der Waals surface area contributed by atoms with Crippen molar-refractivity contribution >= 4 is 11.9 Å². The van der Waals surface area contributed by atoms with Crippen molar-refractivity contribution in [1.29, 1.82) is 0 Å². The molecule has 5 nitrogen and oxygen atoms in total. The minimum Gasteiger partial charge on any atom is -0.481 e. The van der Waals surface area contributed by atoms with Crippen LogP contribution in [0, 0.1) is 5.92 Å². The molecule has 0 radical (unpaired) electrons. The standard InChI is InChI=1S/C27H27F6NO4/c1-15(21-12-19(26(28,29)30)7-8-23(21)27(31,32)33)34-10-9-20(14-34)38-25(37)18-4-2-3-17(11-18)22(13-24(35)36)16-5-6-16/h2-4,7-8,11-12,15-16,20,22H,5-6,9-10,13-14H2,1H3,(H,35,36)/t15?,20-,22+/m1/s1. The third-order valence-corrected chi connectivity index (χ3v) is 7.27.